The number of hydrogen-bond acceptors (Lipinski definition) is 3. The van der Waals surface area contributed by atoms with Gasteiger partial charge in [-0.25, -0.2) is 15.1 Å². The summed E-state index contributed by atoms with van der Waals surface area (Å²) in [4.78, 5) is 13.5. The standard InChI is InChI=1S/C5H4ClN3O2.C2H6/c6-4-1-2-7-5(3-4)8-9(10)11;1-2/h1-3H,(H,7,8);1-2H3. The molecule has 1 heterocycles. The summed E-state index contributed by atoms with van der Waals surface area (Å²) >= 11 is 5.53. The molecule has 0 bridgehead atoms. The first kappa shape index (κ1) is 11.6. The molecule has 6 heteroatoms. The molecule has 0 fully saturated rings. The first-order valence-electron chi connectivity index (χ1n) is 3.71. The van der Waals surface area contributed by atoms with Crippen molar-refractivity contribution in [3.8, 4) is 0 Å². The molecule has 0 aliphatic heterocycles. The number of halogens is 1. The van der Waals surface area contributed by atoms with Crippen LogP contribution in [0.5, 0.6) is 0 Å². The molecule has 72 valence electrons. The molecule has 0 aromatic carbocycles. The van der Waals surface area contributed by atoms with Gasteiger partial charge in [0, 0.05) is 17.3 Å². The third-order valence-corrected chi connectivity index (χ3v) is 1.16. The van der Waals surface area contributed by atoms with Crippen LogP contribution in [-0.4, -0.2) is 10.0 Å². The summed E-state index contributed by atoms with van der Waals surface area (Å²) in [5, 5.41) is 9.60. The third-order valence-electron chi connectivity index (χ3n) is 0.928. The number of hydrogen-bond donors (Lipinski definition) is 1. The van der Waals surface area contributed by atoms with Crippen LogP contribution in [0.1, 0.15) is 13.8 Å². The van der Waals surface area contributed by atoms with Crippen LogP contribution in [0, 0.1) is 10.1 Å². The van der Waals surface area contributed by atoms with Crippen LogP contribution in [0.25, 0.3) is 0 Å². The highest BCUT2D eigenvalue weighted by Gasteiger charge is 1.99. The summed E-state index contributed by atoms with van der Waals surface area (Å²) in [6.45, 7) is 4.00. The van der Waals surface area contributed by atoms with Crippen molar-refractivity contribution >= 4 is 17.4 Å². The van der Waals surface area contributed by atoms with E-state index < -0.39 is 5.03 Å². The van der Waals surface area contributed by atoms with E-state index in [9.17, 15) is 10.1 Å². The minimum atomic E-state index is -0.696. The van der Waals surface area contributed by atoms with Gasteiger partial charge in [-0.3, -0.25) is 0 Å². The van der Waals surface area contributed by atoms with E-state index in [1.807, 2.05) is 19.3 Å². The first-order chi connectivity index (χ1) is 6.18. The zero-order valence-electron chi connectivity index (χ0n) is 7.32. The van der Waals surface area contributed by atoms with Gasteiger partial charge < -0.3 is 0 Å². The summed E-state index contributed by atoms with van der Waals surface area (Å²) < 4.78 is 0. The monoisotopic (exact) mass is 203 g/mol. The van der Waals surface area contributed by atoms with Gasteiger partial charge in [-0.1, -0.05) is 30.9 Å². The quantitative estimate of drug-likeness (QED) is 0.592. The molecular weight excluding hydrogens is 194 g/mol. The molecule has 0 atom stereocenters. The highest BCUT2D eigenvalue weighted by atomic mass is 35.5. The average Bonchev–Trinajstić information content (AvgIpc) is 2.06. The molecule has 1 rings (SSSR count). The molecule has 1 aromatic rings. The van der Waals surface area contributed by atoms with E-state index in [-0.39, 0.29) is 5.82 Å². The third kappa shape index (κ3) is 4.97. The number of nitrogens with one attached hydrogen (secondary N) is 1. The largest absolute Gasteiger partial charge is 0.234 e. The number of rotatable bonds is 2. The Kier molecular flexibility index (Phi) is 5.54. The van der Waals surface area contributed by atoms with Crippen molar-refractivity contribution in [1.29, 1.82) is 0 Å². The van der Waals surface area contributed by atoms with E-state index in [1.54, 1.807) is 0 Å². The number of nitro groups is 1. The molecule has 0 unspecified atom stereocenters. The predicted octanol–water partition coefficient (Wildman–Crippen LogP) is 2.36. The van der Waals surface area contributed by atoms with Gasteiger partial charge in [0.05, 0.1) is 0 Å². The second-order valence-electron chi connectivity index (χ2n) is 1.73. The van der Waals surface area contributed by atoms with Crippen molar-refractivity contribution in [2.45, 2.75) is 13.8 Å². The van der Waals surface area contributed by atoms with Gasteiger partial charge in [-0.15, -0.1) is 0 Å². The normalized spacial score (nSPS) is 8.23. The Hall–Kier alpha value is -1.36. The van der Waals surface area contributed by atoms with Crippen molar-refractivity contribution in [3.63, 3.8) is 0 Å². The molecule has 1 N–H and O–H groups in total. The van der Waals surface area contributed by atoms with Crippen molar-refractivity contribution in [1.82, 2.24) is 4.98 Å². The van der Waals surface area contributed by atoms with Gasteiger partial charge in [-0.2, -0.15) is 0 Å². The summed E-state index contributed by atoms with van der Waals surface area (Å²) in [6, 6.07) is 2.90. The minimum Gasteiger partial charge on any atom is -0.234 e. The molecule has 0 spiro atoms. The van der Waals surface area contributed by atoms with Gasteiger partial charge in [0.25, 0.3) is 0 Å². The lowest BCUT2D eigenvalue weighted by atomic mass is 10.5. The Morgan fingerprint density at radius 2 is 2.23 bits per heavy atom. The molecule has 0 saturated carbocycles. The molecule has 1 aromatic heterocycles. The highest BCUT2D eigenvalue weighted by molar-refractivity contribution is 6.30. The number of aromatic nitrogens is 1. The number of nitrogens with zero attached hydrogens (tertiary/aromatic N) is 2. The number of pyridine rings is 1. The van der Waals surface area contributed by atoms with E-state index in [0.717, 1.165) is 0 Å². The zero-order valence-corrected chi connectivity index (χ0v) is 8.08. The number of anilines is 1. The lowest BCUT2D eigenvalue weighted by Gasteiger charge is -1.94. The summed E-state index contributed by atoms with van der Waals surface area (Å²) in [6.07, 6.45) is 1.38. The molecule has 5 nitrogen and oxygen atoms in total. The van der Waals surface area contributed by atoms with Crippen molar-refractivity contribution in [3.05, 3.63) is 33.5 Å². The highest BCUT2D eigenvalue weighted by Crippen LogP contribution is 2.10. The maximum atomic E-state index is 9.89. The topological polar surface area (TPSA) is 68.1 Å². The maximum absolute atomic E-state index is 9.89. The van der Waals surface area contributed by atoms with Crippen LogP contribution in [0.4, 0.5) is 5.82 Å². The van der Waals surface area contributed by atoms with Crippen molar-refractivity contribution < 1.29 is 5.03 Å². The fourth-order valence-electron chi connectivity index (χ4n) is 0.559. The Balaban J connectivity index is 0.000000671. The number of hydrazine groups is 1. The van der Waals surface area contributed by atoms with Gasteiger partial charge in [0.2, 0.25) is 0 Å². The Bertz CT molecular complexity index is 280. The van der Waals surface area contributed by atoms with E-state index in [4.69, 9.17) is 11.6 Å². The summed E-state index contributed by atoms with van der Waals surface area (Å²) in [5.74, 6) is 0.127. The Morgan fingerprint density at radius 3 is 2.69 bits per heavy atom. The van der Waals surface area contributed by atoms with Crippen LogP contribution in [0.15, 0.2) is 18.3 Å². The Morgan fingerprint density at radius 1 is 1.62 bits per heavy atom. The molecule has 0 aliphatic rings. The smallest absolute Gasteiger partial charge is 0.192 e. The minimum absolute atomic E-state index is 0.127. The fraction of sp³-hybridized carbons (Fsp3) is 0.286. The van der Waals surface area contributed by atoms with E-state index >= 15 is 0 Å². The van der Waals surface area contributed by atoms with Crippen LogP contribution in [0.3, 0.4) is 0 Å². The summed E-state index contributed by atoms with van der Waals surface area (Å²) in [5.41, 5.74) is 1.87. The van der Waals surface area contributed by atoms with Gasteiger partial charge >= 0.3 is 0 Å². The average molecular weight is 204 g/mol. The molecule has 13 heavy (non-hydrogen) atoms. The van der Waals surface area contributed by atoms with Gasteiger partial charge in [0.1, 0.15) is 0 Å². The first-order valence-corrected chi connectivity index (χ1v) is 4.09. The van der Waals surface area contributed by atoms with Crippen molar-refractivity contribution in [2.75, 3.05) is 5.43 Å². The lowest BCUT2D eigenvalue weighted by Crippen LogP contribution is -2.08. The lowest BCUT2D eigenvalue weighted by molar-refractivity contribution is -0.445. The molecule has 0 amide bonds. The van der Waals surface area contributed by atoms with Gasteiger partial charge in [-0.05, 0) is 6.07 Å². The molecular formula is C7H10ClN3O2. The van der Waals surface area contributed by atoms with E-state index in [1.165, 1.54) is 18.3 Å². The van der Waals surface area contributed by atoms with Crippen LogP contribution in [0.2, 0.25) is 5.02 Å². The van der Waals surface area contributed by atoms with Crippen LogP contribution < -0.4 is 5.43 Å². The second-order valence-corrected chi connectivity index (χ2v) is 2.16. The van der Waals surface area contributed by atoms with E-state index in [2.05, 4.69) is 4.98 Å². The maximum Gasteiger partial charge on any atom is 0.192 e. The Labute approximate surface area is 80.9 Å². The van der Waals surface area contributed by atoms with Crippen LogP contribution in [-0.2, 0) is 0 Å². The fourth-order valence-corrected chi connectivity index (χ4v) is 0.719. The SMILES string of the molecule is CC.O=[N+]([O-])Nc1cc(Cl)ccn1. The molecule has 0 aliphatic carbocycles. The molecule has 0 radical (unpaired) electrons. The molecule has 0 saturated heterocycles. The van der Waals surface area contributed by atoms with Crippen LogP contribution >= 0.6 is 11.6 Å². The van der Waals surface area contributed by atoms with Gasteiger partial charge in [0.15, 0.2) is 10.9 Å². The zero-order chi connectivity index (χ0) is 10.3. The van der Waals surface area contributed by atoms with E-state index in [0.29, 0.717) is 5.02 Å². The predicted molar refractivity (Wildman–Crippen MR) is 51.2 cm³/mol. The van der Waals surface area contributed by atoms with Crippen molar-refractivity contribution in [2.24, 2.45) is 0 Å². The summed E-state index contributed by atoms with van der Waals surface area (Å²) in [7, 11) is 0. The second kappa shape index (κ2) is 6.19.